The fourth-order valence-corrected chi connectivity index (χ4v) is 4.55. The minimum atomic E-state index is -1.15. The van der Waals surface area contributed by atoms with E-state index in [1.54, 1.807) is 42.2 Å². The number of para-hydroxylation sites is 1. The van der Waals surface area contributed by atoms with Crippen molar-refractivity contribution in [3.63, 3.8) is 0 Å². The van der Waals surface area contributed by atoms with Gasteiger partial charge >= 0.3 is 12.0 Å². The van der Waals surface area contributed by atoms with E-state index in [-0.39, 0.29) is 30.9 Å². The number of carbonyl (C=O) groups is 3. The number of nitro groups is 1. The molecular weight excluding hydrogens is 454 g/mol. The lowest BCUT2D eigenvalue weighted by Crippen LogP contribution is -2.48. The number of Topliss-reactive ketones (excluding diaryl/α,β-unsaturated/α-hetero) is 1. The average Bonchev–Trinajstić information content (AvgIpc) is 3.20. The Labute approximate surface area is 201 Å². The van der Waals surface area contributed by atoms with Crippen LogP contribution in [0.4, 0.5) is 16.2 Å². The third-order valence-electron chi connectivity index (χ3n) is 6.21. The van der Waals surface area contributed by atoms with E-state index in [1.165, 1.54) is 23.1 Å². The van der Waals surface area contributed by atoms with E-state index in [0.717, 1.165) is 0 Å². The smallest absolute Gasteiger partial charge is 0.334 e. The van der Waals surface area contributed by atoms with Crippen molar-refractivity contribution in [1.82, 2.24) is 15.5 Å². The maximum atomic E-state index is 13.7. The van der Waals surface area contributed by atoms with E-state index in [0.29, 0.717) is 23.5 Å². The summed E-state index contributed by atoms with van der Waals surface area (Å²) in [7, 11) is 0. The van der Waals surface area contributed by atoms with E-state index in [4.69, 9.17) is 0 Å². The summed E-state index contributed by atoms with van der Waals surface area (Å²) >= 11 is 0. The summed E-state index contributed by atoms with van der Waals surface area (Å²) in [4.78, 5) is 52.7. The van der Waals surface area contributed by atoms with Crippen molar-refractivity contribution in [1.29, 1.82) is 0 Å². The fourth-order valence-electron chi connectivity index (χ4n) is 4.55. The summed E-state index contributed by atoms with van der Waals surface area (Å²) in [5.41, 5.74) is 1.28. The van der Waals surface area contributed by atoms with E-state index >= 15 is 0 Å². The van der Waals surface area contributed by atoms with Crippen molar-refractivity contribution in [2.75, 3.05) is 24.7 Å². The molecule has 2 unspecified atom stereocenters. The van der Waals surface area contributed by atoms with Gasteiger partial charge in [0.05, 0.1) is 17.2 Å². The topological polar surface area (TPSA) is 145 Å². The number of allylic oxidation sites excluding steroid dienone is 1. The molecule has 1 saturated heterocycles. The Morgan fingerprint density at radius 1 is 1.17 bits per heavy atom. The highest BCUT2D eigenvalue weighted by Crippen LogP contribution is 2.32. The molecule has 2 heterocycles. The lowest BCUT2D eigenvalue weighted by atomic mass is 9.92. The van der Waals surface area contributed by atoms with E-state index in [9.17, 15) is 29.6 Å². The molecule has 2 aromatic rings. The number of hydrogen-bond acceptors (Lipinski definition) is 7. The number of carboxylic acid groups (broad SMARTS) is 1. The van der Waals surface area contributed by atoms with Crippen molar-refractivity contribution >= 4 is 29.2 Å². The molecule has 35 heavy (non-hydrogen) atoms. The Bertz CT molecular complexity index is 1200. The van der Waals surface area contributed by atoms with Gasteiger partial charge in [-0.2, -0.15) is 0 Å². The first-order chi connectivity index (χ1) is 16.8. The lowest BCUT2D eigenvalue weighted by Gasteiger charge is -2.31. The molecule has 2 atom stereocenters. The Morgan fingerprint density at radius 3 is 2.60 bits per heavy atom. The number of amides is 2. The summed E-state index contributed by atoms with van der Waals surface area (Å²) in [6.07, 6.45) is -0.205. The SMILES string of the molecule is CC1=C(C(=O)O)C(CC(=O)C(c2cccc([N+](=O)[O-])c2)N2CCN(c3ccccc3)C2=O)NCN1. The van der Waals surface area contributed by atoms with Gasteiger partial charge in [0.25, 0.3) is 5.69 Å². The van der Waals surface area contributed by atoms with Crippen LogP contribution < -0.4 is 15.5 Å². The van der Waals surface area contributed by atoms with Gasteiger partial charge in [0.15, 0.2) is 5.78 Å². The van der Waals surface area contributed by atoms with Crippen LogP contribution >= 0.6 is 0 Å². The Morgan fingerprint density at radius 2 is 1.91 bits per heavy atom. The van der Waals surface area contributed by atoms with Crippen molar-refractivity contribution in [2.45, 2.75) is 25.4 Å². The number of aliphatic carboxylic acids is 1. The monoisotopic (exact) mass is 479 g/mol. The highest BCUT2D eigenvalue weighted by atomic mass is 16.6. The molecular formula is C24H25N5O6. The number of ketones is 1. The third kappa shape index (κ3) is 4.85. The predicted molar refractivity (Wildman–Crippen MR) is 127 cm³/mol. The maximum Gasteiger partial charge on any atom is 0.334 e. The summed E-state index contributed by atoms with van der Waals surface area (Å²) in [5.74, 6) is -1.57. The minimum Gasteiger partial charge on any atom is -0.478 e. The molecule has 2 aliphatic rings. The molecule has 0 spiro atoms. The number of hydrogen-bond donors (Lipinski definition) is 3. The first-order valence-electron chi connectivity index (χ1n) is 11.1. The summed E-state index contributed by atoms with van der Waals surface area (Å²) in [5, 5.41) is 27.0. The molecule has 0 aliphatic carbocycles. The number of urea groups is 1. The van der Waals surface area contributed by atoms with Crippen molar-refractivity contribution in [2.24, 2.45) is 0 Å². The number of benzene rings is 2. The van der Waals surface area contributed by atoms with Gasteiger partial charge in [0.2, 0.25) is 0 Å². The van der Waals surface area contributed by atoms with E-state index in [2.05, 4.69) is 10.6 Å². The zero-order chi connectivity index (χ0) is 25.1. The molecule has 0 aromatic heterocycles. The molecule has 2 aliphatic heterocycles. The summed E-state index contributed by atoms with van der Waals surface area (Å²) in [6.45, 7) is 2.48. The van der Waals surface area contributed by atoms with Gasteiger partial charge in [-0.1, -0.05) is 30.3 Å². The Hall–Kier alpha value is -4.25. The second-order valence-electron chi connectivity index (χ2n) is 8.34. The molecule has 2 amide bonds. The highest BCUT2D eigenvalue weighted by Gasteiger charge is 2.40. The quantitative estimate of drug-likeness (QED) is 0.387. The number of rotatable bonds is 8. The molecule has 11 heteroatoms. The molecule has 2 aromatic carbocycles. The standard InChI is InChI=1S/C24H25N5O6/c1-15-21(23(31)32)19(26-14-25-15)13-20(30)22(16-6-5-9-18(12-16)29(34)35)28-11-10-27(24(28)33)17-7-3-2-4-8-17/h2-9,12,19,22,25-26H,10-11,13-14H2,1H3,(H,31,32). The number of carboxylic acids is 1. The zero-order valence-corrected chi connectivity index (χ0v) is 19.0. The van der Waals surface area contributed by atoms with Crippen molar-refractivity contribution in [3.8, 4) is 0 Å². The van der Waals surface area contributed by atoms with Crippen LogP contribution in [0.1, 0.15) is 24.9 Å². The molecule has 0 saturated carbocycles. The first-order valence-corrected chi connectivity index (χ1v) is 11.1. The number of nitro benzene ring substituents is 1. The van der Waals surface area contributed by atoms with Gasteiger partial charge in [-0.3, -0.25) is 25.1 Å². The average molecular weight is 479 g/mol. The minimum absolute atomic E-state index is 0.0426. The molecule has 11 nitrogen and oxygen atoms in total. The second kappa shape index (κ2) is 9.94. The van der Waals surface area contributed by atoms with Gasteiger partial charge in [0, 0.05) is 49.1 Å². The maximum absolute atomic E-state index is 13.7. The Balaban J connectivity index is 1.69. The van der Waals surface area contributed by atoms with Crippen LogP contribution in [-0.4, -0.2) is 58.5 Å². The summed E-state index contributed by atoms with van der Waals surface area (Å²) in [6, 6.07) is 12.4. The number of nitrogens with one attached hydrogen (secondary N) is 2. The molecule has 3 N–H and O–H groups in total. The predicted octanol–water partition coefficient (Wildman–Crippen LogP) is 2.41. The molecule has 0 bridgehead atoms. The third-order valence-corrected chi connectivity index (χ3v) is 6.21. The molecule has 4 rings (SSSR count). The molecule has 1 fully saturated rings. The van der Waals surface area contributed by atoms with Crippen LogP contribution in [0.5, 0.6) is 0 Å². The first kappa shape index (κ1) is 23.9. The van der Waals surface area contributed by atoms with Gasteiger partial charge in [-0.05, 0) is 24.6 Å². The highest BCUT2D eigenvalue weighted by molar-refractivity contribution is 5.99. The summed E-state index contributed by atoms with van der Waals surface area (Å²) < 4.78 is 0. The number of non-ortho nitro benzene ring substituents is 1. The number of carbonyl (C=O) groups excluding carboxylic acids is 2. The van der Waals surface area contributed by atoms with E-state index < -0.39 is 34.8 Å². The van der Waals surface area contributed by atoms with Crippen LogP contribution in [0, 0.1) is 10.1 Å². The van der Waals surface area contributed by atoms with Crippen molar-refractivity contribution in [3.05, 3.63) is 81.5 Å². The lowest BCUT2D eigenvalue weighted by molar-refractivity contribution is -0.384. The molecule has 0 radical (unpaired) electrons. The van der Waals surface area contributed by atoms with Crippen LogP contribution in [0.15, 0.2) is 65.9 Å². The largest absolute Gasteiger partial charge is 0.478 e. The van der Waals surface area contributed by atoms with Gasteiger partial charge in [-0.25, -0.2) is 9.59 Å². The molecule has 182 valence electrons. The van der Waals surface area contributed by atoms with Gasteiger partial charge in [0.1, 0.15) is 6.04 Å². The zero-order valence-electron chi connectivity index (χ0n) is 19.0. The number of anilines is 1. The fraction of sp³-hybridized carbons (Fsp3) is 0.292. The van der Waals surface area contributed by atoms with Crippen LogP contribution in [0.3, 0.4) is 0 Å². The van der Waals surface area contributed by atoms with Crippen LogP contribution in [0.25, 0.3) is 0 Å². The van der Waals surface area contributed by atoms with Gasteiger partial charge in [-0.15, -0.1) is 0 Å². The van der Waals surface area contributed by atoms with Gasteiger partial charge < -0.3 is 15.3 Å². The van der Waals surface area contributed by atoms with E-state index in [1.807, 2.05) is 6.07 Å². The number of nitrogens with zero attached hydrogens (tertiary/aromatic N) is 3. The Kier molecular flexibility index (Phi) is 6.78. The van der Waals surface area contributed by atoms with Crippen molar-refractivity contribution < 1.29 is 24.4 Å². The second-order valence-corrected chi connectivity index (χ2v) is 8.34. The van der Waals surface area contributed by atoms with Crippen LogP contribution in [-0.2, 0) is 9.59 Å². The van der Waals surface area contributed by atoms with Crippen LogP contribution in [0.2, 0.25) is 0 Å². The normalized spacial score (nSPS) is 18.9.